The van der Waals surface area contributed by atoms with Gasteiger partial charge in [-0.15, -0.1) is 0 Å². The Bertz CT molecular complexity index is 466. The molecule has 0 bridgehead atoms. The standard InChI is InChI=1S/C17H24O3/c1-3-16(2)12-17(18,10-11-19-16)13-4-6-14(7-5-13)20-15-8-9-15/h4-7,15,18H,3,8-12H2,1-2H3. The predicted molar refractivity (Wildman–Crippen MR) is 77.9 cm³/mol. The third-order valence-corrected chi connectivity index (χ3v) is 4.60. The van der Waals surface area contributed by atoms with E-state index in [2.05, 4.69) is 13.8 Å². The summed E-state index contributed by atoms with van der Waals surface area (Å²) in [5.41, 5.74) is -0.0271. The third-order valence-electron chi connectivity index (χ3n) is 4.60. The lowest BCUT2D eigenvalue weighted by molar-refractivity contribution is -0.157. The van der Waals surface area contributed by atoms with E-state index in [4.69, 9.17) is 9.47 Å². The summed E-state index contributed by atoms with van der Waals surface area (Å²) in [6.07, 6.45) is 4.97. The number of rotatable bonds is 4. The first-order valence-corrected chi connectivity index (χ1v) is 7.67. The Labute approximate surface area is 120 Å². The smallest absolute Gasteiger partial charge is 0.119 e. The van der Waals surface area contributed by atoms with Gasteiger partial charge in [0.2, 0.25) is 0 Å². The summed E-state index contributed by atoms with van der Waals surface area (Å²) >= 11 is 0. The van der Waals surface area contributed by atoms with Crippen LogP contribution in [0.4, 0.5) is 0 Å². The summed E-state index contributed by atoms with van der Waals surface area (Å²) in [7, 11) is 0. The van der Waals surface area contributed by atoms with Crippen molar-refractivity contribution in [2.75, 3.05) is 6.61 Å². The van der Waals surface area contributed by atoms with Crippen LogP contribution in [0.3, 0.4) is 0 Å². The molecule has 110 valence electrons. The molecule has 3 nitrogen and oxygen atoms in total. The monoisotopic (exact) mass is 276 g/mol. The highest BCUT2D eigenvalue weighted by atomic mass is 16.5. The normalized spacial score (nSPS) is 34.0. The first-order valence-electron chi connectivity index (χ1n) is 7.67. The Morgan fingerprint density at radius 3 is 2.60 bits per heavy atom. The van der Waals surface area contributed by atoms with Crippen molar-refractivity contribution in [2.45, 2.75) is 63.3 Å². The van der Waals surface area contributed by atoms with Crippen LogP contribution in [0.25, 0.3) is 0 Å². The van der Waals surface area contributed by atoms with Gasteiger partial charge in [0.1, 0.15) is 5.75 Å². The molecule has 0 radical (unpaired) electrons. The van der Waals surface area contributed by atoms with Gasteiger partial charge in [-0.05, 0) is 43.9 Å². The maximum Gasteiger partial charge on any atom is 0.119 e. The average Bonchev–Trinajstić information content (AvgIpc) is 3.23. The molecule has 1 aromatic carbocycles. The Kier molecular flexibility index (Phi) is 3.51. The molecule has 1 saturated carbocycles. The van der Waals surface area contributed by atoms with Gasteiger partial charge in [-0.2, -0.15) is 0 Å². The van der Waals surface area contributed by atoms with Crippen LogP contribution in [0.2, 0.25) is 0 Å². The van der Waals surface area contributed by atoms with E-state index >= 15 is 0 Å². The fourth-order valence-electron chi connectivity index (χ4n) is 2.92. The minimum atomic E-state index is -0.777. The molecule has 1 aliphatic heterocycles. The summed E-state index contributed by atoms with van der Waals surface area (Å²) in [6, 6.07) is 7.95. The lowest BCUT2D eigenvalue weighted by Gasteiger charge is -2.43. The molecule has 20 heavy (non-hydrogen) atoms. The zero-order valence-electron chi connectivity index (χ0n) is 12.4. The van der Waals surface area contributed by atoms with E-state index in [0.29, 0.717) is 25.6 Å². The quantitative estimate of drug-likeness (QED) is 0.916. The summed E-state index contributed by atoms with van der Waals surface area (Å²) < 4.78 is 11.6. The van der Waals surface area contributed by atoms with Gasteiger partial charge in [0.15, 0.2) is 0 Å². The maximum atomic E-state index is 11.0. The van der Waals surface area contributed by atoms with E-state index in [1.807, 2.05) is 24.3 Å². The highest BCUT2D eigenvalue weighted by Gasteiger charge is 2.42. The molecule has 1 saturated heterocycles. The van der Waals surface area contributed by atoms with Crippen LogP contribution in [0.5, 0.6) is 5.75 Å². The van der Waals surface area contributed by atoms with Crippen molar-refractivity contribution >= 4 is 0 Å². The van der Waals surface area contributed by atoms with Crippen LogP contribution >= 0.6 is 0 Å². The zero-order chi connectivity index (χ0) is 14.2. The molecule has 1 aromatic rings. The van der Waals surface area contributed by atoms with Gasteiger partial charge >= 0.3 is 0 Å². The van der Waals surface area contributed by atoms with E-state index in [1.165, 1.54) is 0 Å². The highest BCUT2D eigenvalue weighted by Crippen LogP contribution is 2.41. The fraction of sp³-hybridized carbons (Fsp3) is 0.647. The van der Waals surface area contributed by atoms with Crippen LogP contribution < -0.4 is 4.74 Å². The second kappa shape index (κ2) is 5.05. The van der Waals surface area contributed by atoms with Crippen molar-refractivity contribution in [1.29, 1.82) is 0 Å². The molecule has 0 aromatic heterocycles. The Balaban J connectivity index is 1.76. The third kappa shape index (κ3) is 2.84. The Morgan fingerprint density at radius 2 is 2.00 bits per heavy atom. The molecule has 0 spiro atoms. The molecule has 1 N–H and O–H groups in total. The Morgan fingerprint density at radius 1 is 1.30 bits per heavy atom. The first-order chi connectivity index (χ1) is 9.53. The number of aliphatic hydroxyl groups is 1. The van der Waals surface area contributed by atoms with E-state index in [0.717, 1.165) is 30.6 Å². The average molecular weight is 276 g/mol. The number of hydrogen-bond donors (Lipinski definition) is 1. The van der Waals surface area contributed by atoms with Gasteiger partial charge in [0.05, 0.1) is 23.9 Å². The summed E-state index contributed by atoms with van der Waals surface area (Å²) in [4.78, 5) is 0. The van der Waals surface area contributed by atoms with Crippen LogP contribution in [0.1, 0.15) is 51.5 Å². The molecular weight excluding hydrogens is 252 g/mol. The van der Waals surface area contributed by atoms with Crippen molar-refractivity contribution in [2.24, 2.45) is 0 Å². The number of hydrogen-bond acceptors (Lipinski definition) is 3. The molecule has 1 aliphatic carbocycles. The molecule has 1 heterocycles. The van der Waals surface area contributed by atoms with Crippen molar-refractivity contribution in [1.82, 2.24) is 0 Å². The van der Waals surface area contributed by atoms with Crippen molar-refractivity contribution in [3.8, 4) is 5.75 Å². The highest BCUT2D eigenvalue weighted by molar-refractivity contribution is 5.32. The molecule has 2 unspecified atom stereocenters. The number of ether oxygens (including phenoxy) is 2. The lowest BCUT2D eigenvalue weighted by Crippen LogP contribution is -2.45. The van der Waals surface area contributed by atoms with Gasteiger partial charge in [-0.1, -0.05) is 19.1 Å². The van der Waals surface area contributed by atoms with Crippen LogP contribution in [-0.2, 0) is 10.3 Å². The molecular formula is C17H24O3. The van der Waals surface area contributed by atoms with Gasteiger partial charge in [0, 0.05) is 12.8 Å². The summed E-state index contributed by atoms with van der Waals surface area (Å²) in [6.45, 7) is 4.81. The van der Waals surface area contributed by atoms with Crippen molar-refractivity contribution in [3.63, 3.8) is 0 Å². The lowest BCUT2D eigenvalue weighted by atomic mass is 9.77. The van der Waals surface area contributed by atoms with Crippen molar-refractivity contribution < 1.29 is 14.6 Å². The van der Waals surface area contributed by atoms with Gasteiger partial charge in [-0.3, -0.25) is 0 Å². The fourth-order valence-corrected chi connectivity index (χ4v) is 2.92. The van der Waals surface area contributed by atoms with E-state index in [1.54, 1.807) is 0 Å². The van der Waals surface area contributed by atoms with Crippen LogP contribution in [-0.4, -0.2) is 23.4 Å². The molecule has 2 fully saturated rings. The topological polar surface area (TPSA) is 38.7 Å². The minimum absolute atomic E-state index is 0.226. The Hall–Kier alpha value is -1.06. The molecule has 3 rings (SSSR count). The van der Waals surface area contributed by atoms with Gasteiger partial charge in [-0.25, -0.2) is 0 Å². The van der Waals surface area contributed by atoms with Gasteiger partial charge < -0.3 is 14.6 Å². The predicted octanol–water partition coefficient (Wildman–Crippen LogP) is 3.39. The largest absolute Gasteiger partial charge is 0.490 e. The second-order valence-corrected chi connectivity index (χ2v) is 6.45. The summed E-state index contributed by atoms with van der Waals surface area (Å²) in [5, 5.41) is 11.0. The van der Waals surface area contributed by atoms with E-state index in [9.17, 15) is 5.11 Å². The summed E-state index contributed by atoms with van der Waals surface area (Å²) in [5.74, 6) is 0.908. The number of benzene rings is 1. The van der Waals surface area contributed by atoms with Crippen LogP contribution in [0, 0.1) is 0 Å². The SMILES string of the molecule is CCC1(C)CC(O)(c2ccc(OC3CC3)cc2)CCO1. The maximum absolute atomic E-state index is 11.0. The first kappa shape index (κ1) is 13.9. The second-order valence-electron chi connectivity index (χ2n) is 6.45. The van der Waals surface area contributed by atoms with Crippen molar-refractivity contribution in [3.05, 3.63) is 29.8 Å². The molecule has 3 heteroatoms. The van der Waals surface area contributed by atoms with Gasteiger partial charge in [0.25, 0.3) is 0 Å². The molecule has 2 aliphatic rings. The minimum Gasteiger partial charge on any atom is -0.490 e. The molecule has 2 atom stereocenters. The van der Waals surface area contributed by atoms with Crippen LogP contribution in [0.15, 0.2) is 24.3 Å². The zero-order valence-corrected chi connectivity index (χ0v) is 12.4. The van der Waals surface area contributed by atoms with E-state index < -0.39 is 5.60 Å². The van der Waals surface area contributed by atoms with E-state index in [-0.39, 0.29) is 5.60 Å². The molecule has 0 amide bonds.